The van der Waals surface area contributed by atoms with E-state index in [0.29, 0.717) is 30.3 Å². The van der Waals surface area contributed by atoms with Crippen LogP contribution in [0.15, 0.2) is 61.2 Å². The first-order valence-corrected chi connectivity index (χ1v) is 10.4. The molecule has 0 amide bonds. The van der Waals surface area contributed by atoms with Crippen LogP contribution in [0.25, 0.3) is 5.69 Å². The summed E-state index contributed by atoms with van der Waals surface area (Å²) in [7, 11) is 3.65. The topological polar surface area (TPSA) is 63.1 Å². The number of rotatable bonds is 10. The van der Waals surface area contributed by atoms with Gasteiger partial charge in [0.15, 0.2) is 17.4 Å². The molecule has 0 aliphatic heterocycles. The molecule has 0 unspecified atom stereocenters. The van der Waals surface area contributed by atoms with Crippen LogP contribution in [0.3, 0.4) is 0 Å². The predicted octanol–water partition coefficient (Wildman–Crippen LogP) is 4.24. The van der Waals surface area contributed by atoms with Crippen molar-refractivity contribution in [1.29, 1.82) is 0 Å². The van der Waals surface area contributed by atoms with Crippen molar-refractivity contribution in [2.45, 2.75) is 25.7 Å². The molecular formula is C24H26F3N5O. The molecule has 3 aromatic rings. The molecule has 0 aliphatic rings. The van der Waals surface area contributed by atoms with Crippen molar-refractivity contribution in [3.05, 3.63) is 89.5 Å². The van der Waals surface area contributed by atoms with Gasteiger partial charge < -0.3 is 10.2 Å². The van der Waals surface area contributed by atoms with E-state index in [1.54, 1.807) is 41.0 Å². The second kappa shape index (κ2) is 10.5. The van der Waals surface area contributed by atoms with Gasteiger partial charge in [0.2, 0.25) is 0 Å². The molecule has 9 heteroatoms. The van der Waals surface area contributed by atoms with Crippen molar-refractivity contribution in [3.8, 4) is 5.69 Å². The first kappa shape index (κ1) is 24.3. The number of nitrogens with one attached hydrogen (secondary N) is 1. The third-order valence-electron chi connectivity index (χ3n) is 4.91. The van der Waals surface area contributed by atoms with Gasteiger partial charge in [-0.2, -0.15) is 13.2 Å². The highest BCUT2D eigenvalue weighted by Crippen LogP contribution is 2.33. The largest absolute Gasteiger partial charge is 0.416 e. The van der Waals surface area contributed by atoms with E-state index in [-0.39, 0.29) is 23.6 Å². The van der Waals surface area contributed by atoms with Crippen LogP contribution in [0, 0.1) is 0 Å². The molecule has 174 valence electrons. The highest BCUT2D eigenvalue weighted by atomic mass is 19.4. The summed E-state index contributed by atoms with van der Waals surface area (Å²) in [6.45, 7) is 4.90. The van der Waals surface area contributed by atoms with E-state index in [1.807, 2.05) is 19.0 Å². The first-order chi connectivity index (χ1) is 15.7. The second-order valence-electron chi connectivity index (χ2n) is 7.78. The molecule has 0 saturated heterocycles. The van der Waals surface area contributed by atoms with Gasteiger partial charge in [-0.1, -0.05) is 36.4 Å². The van der Waals surface area contributed by atoms with Gasteiger partial charge in [-0.25, -0.2) is 0 Å². The number of nitrogens with zero attached hydrogens (tertiary/aromatic N) is 4. The number of carbonyl (C=O) groups is 1. The minimum absolute atomic E-state index is 0.0982. The van der Waals surface area contributed by atoms with Crippen LogP contribution in [-0.2, 0) is 19.3 Å². The van der Waals surface area contributed by atoms with Crippen molar-refractivity contribution in [2.75, 3.05) is 20.6 Å². The Morgan fingerprint density at radius 2 is 1.82 bits per heavy atom. The number of carbonyl (C=O) groups excluding carboxylic acids is 1. The molecule has 6 nitrogen and oxygen atoms in total. The second-order valence-corrected chi connectivity index (χ2v) is 7.78. The maximum atomic E-state index is 13.6. The zero-order valence-corrected chi connectivity index (χ0v) is 18.6. The van der Waals surface area contributed by atoms with Crippen molar-refractivity contribution in [3.63, 3.8) is 0 Å². The van der Waals surface area contributed by atoms with Crippen molar-refractivity contribution < 1.29 is 18.0 Å². The molecule has 0 aliphatic carbocycles. The molecule has 0 atom stereocenters. The summed E-state index contributed by atoms with van der Waals surface area (Å²) in [5.41, 5.74) is -0.231. The van der Waals surface area contributed by atoms with Crippen LogP contribution in [-0.4, -0.2) is 46.1 Å². The molecule has 2 aromatic carbocycles. The lowest BCUT2D eigenvalue weighted by atomic mass is 9.99. The Kier molecular flexibility index (Phi) is 7.78. The summed E-state index contributed by atoms with van der Waals surface area (Å²) in [4.78, 5) is 15.1. The summed E-state index contributed by atoms with van der Waals surface area (Å²) >= 11 is 0. The van der Waals surface area contributed by atoms with Crippen molar-refractivity contribution in [1.82, 2.24) is 25.0 Å². The van der Waals surface area contributed by atoms with Crippen LogP contribution in [0.2, 0.25) is 0 Å². The molecule has 0 saturated carbocycles. The van der Waals surface area contributed by atoms with E-state index in [4.69, 9.17) is 0 Å². The lowest BCUT2D eigenvalue weighted by Gasteiger charge is -2.18. The normalized spacial score (nSPS) is 11.7. The van der Waals surface area contributed by atoms with Crippen LogP contribution in [0.5, 0.6) is 0 Å². The van der Waals surface area contributed by atoms with Gasteiger partial charge in [0.1, 0.15) is 0 Å². The van der Waals surface area contributed by atoms with Gasteiger partial charge in [0, 0.05) is 11.1 Å². The van der Waals surface area contributed by atoms with Crippen LogP contribution < -0.4 is 5.32 Å². The minimum Gasteiger partial charge on any atom is -0.310 e. The Hall–Kier alpha value is -3.30. The molecule has 1 N–H and O–H groups in total. The standard InChI is InChI=1S/C24H26F3N5O/c1-4-5-13-28-15-21-29-30-22(16-31(2)3)32(21)20-14-18(24(25,26)27)11-12-19(20)23(33)17-9-7-6-8-10-17/h4,6-12,14,28H,1,5,13,15-16H2,2-3H3. The van der Waals surface area contributed by atoms with E-state index >= 15 is 0 Å². The minimum atomic E-state index is -4.57. The quantitative estimate of drug-likeness (QED) is 0.280. The number of hydrogen-bond donors (Lipinski definition) is 1. The highest BCUT2D eigenvalue weighted by Gasteiger charge is 2.32. The van der Waals surface area contributed by atoms with E-state index in [2.05, 4.69) is 22.1 Å². The fraction of sp³-hybridized carbons (Fsp3) is 0.292. The Morgan fingerprint density at radius 3 is 2.45 bits per heavy atom. The number of hydrogen-bond acceptors (Lipinski definition) is 5. The smallest absolute Gasteiger partial charge is 0.310 e. The molecule has 1 aromatic heterocycles. The van der Waals surface area contributed by atoms with Gasteiger partial charge in [-0.05, 0) is 45.3 Å². The highest BCUT2D eigenvalue weighted by molar-refractivity contribution is 6.11. The maximum absolute atomic E-state index is 13.6. The fourth-order valence-corrected chi connectivity index (χ4v) is 3.37. The monoisotopic (exact) mass is 457 g/mol. The number of aromatic nitrogens is 3. The van der Waals surface area contributed by atoms with E-state index < -0.39 is 11.7 Å². The van der Waals surface area contributed by atoms with Crippen LogP contribution in [0.1, 0.15) is 39.6 Å². The van der Waals surface area contributed by atoms with Gasteiger partial charge in [-0.3, -0.25) is 9.36 Å². The summed E-state index contributed by atoms with van der Waals surface area (Å²) < 4.78 is 42.4. The summed E-state index contributed by atoms with van der Waals surface area (Å²) in [5.74, 6) is 0.466. The van der Waals surface area contributed by atoms with Crippen molar-refractivity contribution >= 4 is 5.78 Å². The number of halogens is 3. The van der Waals surface area contributed by atoms with Gasteiger partial charge in [0.05, 0.1) is 24.3 Å². The SMILES string of the molecule is C=CCCNCc1nnc(CN(C)C)n1-c1cc(C(F)(F)F)ccc1C(=O)c1ccccc1. The predicted molar refractivity (Wildman–Crippen MR) is 120 cm³/mol. The third-order valence-corrected chi connectivity index (χ3v) is 4.91. The molecule has 0 spiro atoms. The Bertz CT molecular complexity index is 1110. The Morgan fingerprint density at radius 1 is 1.12 bits per heavy atom. The average molecular weight is 458 g/mol. The molecule has 33 heavy (non-hydrogen) atoms. The first-order valence-electron chi connectivity index (χ1n) is 10.4. The summed E-state index contributed by atoms with van der Waals surface area (Å²) in [6, 6.07) is 11.6. The van der Waals surface area contributed by atoms with Crippen molar-refractivity contribution in [2.24, 2.45) is 0 Å². The van der Waals surface area contributed by atoms with E-state index in [0.717, 1.165) is 18.6 Å². The zero-order chi connectivity index (χ0) is 24.0. The van der Waals surface area contributed by atoms with Crippen LogP contribution >= 0.6 is 0 Å². The lowest BCUT2D eigenvalue weighted by Crippen LogP contribution is -2.21. The van der Waals surface area contributed by atoms with Gasteiger partial charge in [-0.15, -0.1) is 16.8 Å². The summed E-state index contributed by atoms with van der Waals surface area (Å²) in [5, 5.41) is 11.6. The summed E-state index contributed by atoms with van der Waals surface area (Å²) in [6.07, 6.45) is -2.08. The van der Waals surface area contributed by atoms with Gasteiger partial charge >= 0.3 is 6.18 Å². The number of ketones is 1. The molecule has 1 heterocycles. The average Bonchev–Trinajstić information content (AvgIpc) is 3.17. The number of alkyl halides is 3. The van der Waals surface area contributed by atoms with E-state index in [9.17, 15) is 18.0 Å². The molecular weight excluding hydrogens is 431 g/mol. The molecule has 0 fully saturated rings. The van der Waals surface area contributed by atoms with Crippen LogP contribution in [0.4, 0.5) is 13.2 Å². The molecule has 3 rings (SSSR count). The third kappa shape index (κ3) is 5.94. The maximum Gasteiger partial charge on any atom is 0.416 e. The van der Waals surface area contributed by atoms with E-state index in [1.165, 1.54) is 6.07 Å². The zero-order valence-electron chi connectivity index (χ0n) is 18.6. The lowest BCUT2D eigenvalue weighted by molar-refractivity contribution is -0.137. The molecule has 0 bridgehead atoms. The Labute approximate surface area is 190 Å². The Balaban J connectivity index is 2.18. The fourth-order valence-electron chi connectivity index (χ4n) is 3.37. The van der Waals surface area contributed by atoms with Gasteiger partial charge in [0.25, 0.3) is 0 Å². The number of benzene rings is 2. The molecule has 0 radical (unpaired) electrons.